The van der Waals surface area contributed by atoms with Gasteiger partial charge in [-0.3, -0.25) is 4.79 Å². The number of ether oxygens (including phenoxy) is 1. The zero-order valence-corrected chi connectivity index (χ0v) is 10.3. The third-order valence-electron chi connectivity index (χ3n) is 2.41. The molecule has 0 saturated carbocycles. The Morgan fingerprint density at radius 2 is 1.95 bits per heavy atom. The lowest BCUT2D eigenvalue weighted by molar-refractivity contribution is 0.0870. The van der Waals surface area contributed by atoms with E-state index in [1.54, 1.807) is 0 Å². The van der Waals surface area contributed by atoms with E-state index >= 15 is 0 Å². The van der Waals surface area contributed by atoms with Gasteiger partial charge in [0.1, 0.15) is 23.0 Å². The van der Waals surface area contributed by atoms with Crippen molar-refractivity contribution in [3.05, 3.63) is 35.1 Å². The average Bonchev–Trinajstić information content (AvgIpc) is 2.27. The van der Waals surface area contributed by atoms with Gasteiger partial charge in [0.25, 0.3) is 5.91 Å². The molecule has 0 aromatic heterocycles. The van der Waals surface area contributed by atoms with Gasteiger partial charge in [0.05, 0.1) is 12.6 Å². The number of amides is 1. The van der Waals surface area contributed by atoms with Gasteiger partial charge in [-0.05, 0) is 6.42 Å². The van der Waals surface area contributed by atoms with Crippen molar-refractivity contribution in [1.82, 2.24) is 5.32 Å². The van der Waals surface area contributed by atoms with E-state index in [9.17, 15) is 18.0 Å². The number of halogens is 3. The van der Waals surface area contributed by atoms with E-state index in [1.165, 1.54) is 7.11 Å². The molecule has 0 bridgehead atoms. The predicted octanol–water partition coefficient (Wildman–Crippen LogP) is 1.23. The van der Waals surface area contributed by atoms with Gasteiger partial charge in [-0.2, -0.15) is 0 Å². The first-order valence-corrected chi connectivity index (χ1v) is 5.54. The topological polar surface area (TPSA) is 58.6 Å². The first kappa shape index (κ1) is 15.5. The molecule has 1 aromatic carbocycles. The third kappa shape index (κ3) is 4.22. The monoisotopic (exact) mass is 277 g/mol. The van der Waals surface area contributed by atoms with Gasteiger partial charge >= 0.3 is 0 Å². The largest absolute Gasteiger partial charge is 0.396 e. The highest BCUT2D eigenvalue weighted by atomic mass is 19.1. The summed E-state index contributed by atoms with van der Waals surface area (Å²) in [5.41, 5.74) is -0.861. The molecule has 0 aliphatic carbocycles. The van der Waals surface area contributed by atoms with Crippen LogP contribution < -0.4 is 5.32 Å². The number of aliphatic hydroxyl groups excluding tert-OH is 1. The van der Waals surface area contributed by atoms with E-state index < -0.39 is 35.0 Å². The number of rotatable bonds is 6. The summed E-state index contributed by atoms with van der Waals surface area (Å²) in [4.78, 5) is 11.7. The second-order valence-electron chi connectivity index (χ2n) is 3.88. The van der Waals surface area contributed by atoms with Crippen LogP contribution in [0.4, 0.5) is 13.2 Å². The SMILES string of the molecule is COCC(CCO)NC(=O)c1c(F)cc(F)cc1F. The van der Waals surface area contributed by atoms with Gasteiger partial charge in [0, 0.05) is 25.8 Å². The van der Waals surface area contributed by atoms with E-state index in [4.69, 9.17) is 9.84 Å². The summed E-state index contributed by atoms with van der Waals surface area (Å²) in [7, 11) is 1.38. The average molecular weight is 277 g/mol. The molecule has 0 aliphatic heterocycles. The summed E-state index contributed by atoms with van der Waals surface area (Å²) in [5.74, 6) is -4.69. The zero-order valence-electron chi connectivity index (χ0n) is 10.3. The molecule has 0 spiro atoms. The van der Waals surface area contributed by atoms with E-state index in [0.29, 0.717) is 12.1 Å². The summed E-state index contributed by atoms with van der Waals surface area (Å²) >= 11 is 0. The Morgan fingerprint density at radius 1 is 1.37 bits per heavy atom. The van der Waals surface area contributed by atoms with Gasteiger partial charge in [0.2, 0.25) is 0 Å². The standard InChI is InChI=1S/C12H14F3NO3/c1-19-6-8(2-3-17)16-12(18)11-9(14)4-7(13)5-10(11)15/h4-5,8,17H,2-3,6H2,1H3,(H,16,18). The van der Waals surface area contributed by atoms with Crippen molar-refractivity contribution in [2.45, 2.75) is 12.5 Å². The fourth-order valence-corrected chi connectivity index (χ4v) is 1.57. The Labute approximate surface area is 108 Å². The molecule has 1 aromatic rings. The Bertz CT molecular complexity index is 425. The molecule has 0 heterocycles. The number of methoxy groups -OCH3 is 1. The van der Waals surface area contributed by atoms with Crippen LogP contribution in [0.5, 0.6) is 0 Å². The number of aliphatic hydroxyl groups is 1. The summed E-state index contributed by atoms with van der Waals surface area (Å²) in [6.07, 6.45) is 0.171. The van der Waals surface area contributed by atoms with Crippen molar-refractivity contribution >= 4 is 5.91 Å². The smallest absolute Gasteiger partial charge is 0.257 e. The number of hydrogen-bond acceptors (Lipinski definition) is 3. The lowest BCUT2D eigenvalue weighted by atomic mass is 10.1. The van der Waals surface area contributed by atoms with E-state index in [0.717, 1.165) is 0 Å². The molecule has 0 aliphatic rings. The summed E-state index contributed by atoms with van der Waals surface area (Å²) < 4.78 is 44.2. The summed E-state index contributed by atoms with van der Waals surface area (Å²) in [5, 5.41) is 11.1. The number of carbonyl (C=O) groups excluding carboxylic acids is 1. The van der Waals surface area contributed by atoms with Crippen LogP contribution in [0.15, 0.2) is 12.1 Å². The van der Waals surface area contributed by atoms with Crippen molar-refractivity contribution in [2.24, 2.45) is 0 Å². The molecule has 7 heteroatoms. The molecule has 1 amide bonds. The van der Waals surface area contributed by atoms with Crippen molar-refractivity contribution in [3.63, 3.8) is 0 Å². The number of carbonyl (C=O) groups is 1. The molecule has 0 fully saturated rings. The zero-order chi connectivity index (χ0) is 14.4. The van der Waals surface area contributed by atoms with E-state index in [1.807, 2.05) is 0 Å². The Kier molecular flexibility index (Phi) is 5.78. The lowest BCUT2D eigenvalue weighted by Gasteiger charge is -2.17. The minimum Gasteiger partial charge on any atom is -0.396 e. The van der Waals surface area contributed by atoms with Crippen LogP contribution in [-0.2, 0) is 4.74 Å². The summed E-state index contributed by atoms with van der Waals surface area (Å²) in [6.45, 7) is -0.139. The van der Waals surface area contributed by atoms with Gasteiger partial charge in [-0.25, -0.2) is 13.2 Å². The molecule has 4 nitrogen and oxygen atoms in total. The van der Waals surface area contributed by atoms with Crippen LogP contribution in [0.1, 0.15) is 16.8 Å². The molecule has 0 saturated heterocycles. The Morgan fingerprint density at radius 3 is 2.42 bits per heavy atom. The van der Waals surface area contributed by atoms with Gasteiger partial charge < -0.3 is 15.2 Å². The molecule has 2 N–H and O–H groups in total. The Hall–Kier alpha value is -1.60. The van der Waals surface area contributed by atoms with Gasteiger partial charge in [-0.1, -0.05) is 0 Å². The molecule has 1 rings (SSSR count). The third-order valence-corrected chi connectivity index (χ3v) is 2.41. The minimum absolute atomic E-state index is 0.0801. The van der Waals surface area contributed by atoms with E-state index in [2.05, 4.69) is 5.32 Å². The molecule has 1 unspecified atom stereocenters. The fraction of sp³-hybridized carbons (Fsp3) is 0.417. The molecule has 0 radical (unpaired) electrons. The molecular formula is C12H14F3NO3. The maximum absolute atomic E-state index is 13.4. The molecular weight excluding hydrogens is 263 g/mol. The molecule has 106 valence electrons. The maximum atomic E-state index is 13.4. The number of nitrogens with one attached hydrogen (secondary N) is 1. The van der Waals surface area contributed by atoms with Crippen molar-refractivity contribution in [3.8, 4) is 0 Å². The van der Waals surface area contributed by atoms with E-state index in [-0.39, 0.29) is 19.6 Å². The van der Waals surface area contributed by atoms with Gasteiger partial charge in [-0.15, -0.1) is 0 Å². The molecule has 1 atom stereocenters. The first-order valence-electron chi connectivity index (χ1n) is 5.54. The highest BCUT2D eigenvalue weighted by Crippen LogP contribution is 2.15. The predicted molar refractivity (Wildman–Crippen MR) is 61.1 cm³/mol. The quantitative estimate of drug-likeness (QED) is 0.822. The lowest BCUT2D eigenvalue weighted by Crippen LogP contribution is -2.39. The number of hydrogen-bond donors (Lipinski definition) is 2. The summed E-state index contributed by atoms with van der Waals surface area (Å²) in [6, 6.07) is 0.261. The first-order chi connectivity index (χ1) is 8.99. The maximum Gasteiger partial charge on any atom is 0.257 e. The van der Waals surface area contributed by atoms with Crippen LogP contribution in [0, 0.1) is 17.5 Å². The van der Waals surface area contributed by atoms with Crippen LogP contribution >= 0.6 is 0 Å². The van der Waals surface area contributed by atoms with Crippen LogP contribution in [0.25, 0.3) is 0 Å². The van der Waals surface area contributed by atoms with Crippen LogP contribution in [-0.4, -0.2) is 37.4 Å². The van der Waals surface area contributed by atoms with Crippen molar-refractivity contribution in [2.75, 3.05) is 20.3 Å². The van der Waals surface area contributed by atoms with Gasteiger partial charge in [0.15, 0.2) is 0 Å². The van der Waals surface area contributed by atoms with Crippen LogP contribution in [0.3, 0.4) is 0 Å². The fourth-order valence-electron chi connectivity index (χ4n) is 1.57. The van der Waals surface area contributed by atoms with Crippen molar-refractivity contribution in [1.29, 1.82) is 0 Å². The van der Waals surface area contributed by atoms with Crippen LogP contribution in [0.2, 0.25) is 0 Å². The highest BCUT2D eigenvalue weighted by Gasteiger charge is 2.21. The number of benzene rings is 1. The molecule has 19 heavy (non-hydrogen) atoms. The minimum atomic E-state index is -1.28. The second-order valence-corrected chi connectivity index (χ2v) is 3.88. The second kappa shape index (κ2) is 7.10. The highest BCUT2D eigenvalue weighted by molar-refractivity contribution is 5.94. The van der Waals surface area contributed by atoms with Crippen molar-refractivity contribution < 1.29 is 27.8 Å². The normalized spacial score (nSPS) is 12.3. The Balaban J connectivity index is 2.88.